The van der Waals surface area contributed by atoms with E-state index in [4.69, 9.17) is 5.41 Å². The molecule has 2 heterocycles. The Labute approximate surface area is 156 Å². The van der Waals surface area contributed by atoms with Crippen molar-refractivity contribution in [3.05, 3.63) is 4.91 Å². The van der Waals surface area contributed by atoms with Gasteiger partial charge in [-0.15, -0.1) is 4.91 Å². The van der Waals surface area contributed by atoms with Crippen molar-refractivity contribution in [1.82, 2.24) is 20.4 Å². The number of rotatable bonds is 4. The van der Waals surface area contributed by atoms with Gasteiger partial charge in [0.15, 0.2) is 0 Å². The van der Waals surface area contributed by atoms with Gasteiger partial charge in [0.1, 0.15) is 11.4 Å². The lowest BCUT2D eigenvalue weighted by molar-refractivity contribution is -0.133. The molecule has 1 saturated carbocycles. The first-order valence-electron chi connectivity index (χ1n) is 8.99. The minimum atomic E-state index is -0.961. The van der Waals surface area contributed by atoms with Crippen LogP contribution in [0.1, 0.15) is 32.6 Å². The van der Waals surface area contributed by atoms with Gasteiger partial charge in [-0.3, -0.25) is 20.3 Å². The number of guanidine groups is 1. The number of hydrogen-bond donors (Lipinski definition) is 3. The second kappa shape index (κ2) is 7.41. The van der Waals surface area contributed by atoms with Crippen molar-refractivity contribution in [2.45, 2.75) is 38.1 Å². The van der Waals surface area contributed by atoms with Crippen LogP contribution in [0.4, 0.5) is 4.79 Å². The van der Waals surface area contributed by atoms with Gasteiger partial charge in [0.25, 0.3) is 11.9 Å². The number of hydrogen-bond acceptors (Lipinski definition) is 5. The monoisotopic (exact) mass is 377 g/mol. The Hall–Kier alpha value is -2.85. The molecule has 11 heteroatoms. The normalized spacial score (nSPS) is 25.9. The van der Waals surface area contributed by atoms with Crippen LogP contribution in [0, 0.1) is 16.2 Å². The number of imide groups is 1. The average Bonchev–Trinajstić information content (AvgIpc) is 3.44. The summed E-state index contributed by atoms with van der Waals surface area (Å²) in [4.78, 5) is 54.3. The van der Waals surface area contributed by atoms with Crippen LogP contribution in [-0.2, 0) is 9.59 Å². The largest absolute Gasteiger partial charge is 0.339 e. The molecule has 3 aliphatic rings. The van der Waals surface area contributed by atoms with E-state index in [1.807, 2.05) is 0 Å². The molecule has 3 fully saturated rings. The van der Waals surface area contributed by atoms with Gasteiger partial charge in [0.05, 0.1) is 0 Å². The third-order valence-corrected chi connectivity index (χ3v) is 5.24. The molecule has 4 amide bonds. The number of aliphatic imine (C=N–C) groups is 1. The second-order valence-electron chi connectivity index (χ2n) is 7.11. The molecule has 0 aromatic rings. The lowest BCUT2D eigenvalue weighted by atomic mass is 9.87. The van der Waals surface area contributed by atoms with Gasteiger partial charge >= 0.3 is 6.03 Å². The standard InChI is InChI=1S/C16H23N7O4/c1-10(17)18-14(21-27)23-8-6-22(7-9-23)12(24)4-5-16(11-2-3-11)13(25)19-15(26)20-16/h11,17H,2-9H2,1H3,(H2,19,20,25,26)/b17-10?,18-14+. The van der Waals surface area contributed by atoms with Crippen molar-refractivity contribution in [3.63, 3.8) is 0 Å². The first-order valence-corrected chi connectivity index (χ1v) is 8.99. The van der Waals surface area contributed by atoms with Crippen molar-refractivity contribution in [1.29, 1.82) is 5.41 Å². The van der Waals surface area contributed by atoms with Crippen LogP contribution in [0.5, 0.6) is 0 Å². The fourth-order valence-corrected chi connectivity index (χ4v) is 3.67. The zero-order chi connectivity index (χ0) is 19.6. The average molecular weight is 377 g/mol. The van der Waals surface area contributed by atoms with Crippen molar-refractivity contribution >= 4 is 29.6 Å². The minimum absolute atomic E-state index is 0.00892. The van der Waals surface area contributed by atoms with Crippen LogP contribution >= 0.6 is 0 Å². The van der Waals surface area contributed by atoms with Gasteiger partial charge in [-0.2, -0.15) is 4.99 Å². The van der Waals surface area contributed by atoms with Crippen LogP contribution < -0.4 is 10.6 Å². The van der Waals surface area contributed by atoms with E-state index in [1.54, 1.807) is 9.80 Å². The minimum Gasteiger partial charge on any atom is -0.339 e. The first-order chi connectivity index (χ1) is 12.9. The number of nitrogens with zero attached hydrogens (tertiary/aromatic N) is 4. The van der Waals surface area contributed by atoms with E-state index in [-0.39, 0.29) is 42.4 Å². The van der Waals surface area contributed by atoms with E-state index < -0.39 is 11.6 Å². The number of amides is 4. The van der Waals surface area contributed by atoms with E-state index in [1.165, 1.54) is 6.92 Å². The molecule has 146 valence electrons. The maximum atomic E-state index is 12.6. The van der Waals surface area contributed by atoms with Crippen molar-refractivity contribution < 1.29 is 14.4 Å². The Bertz CT molecular complexity index is 710. The van der Waals surface area contributed by atoms with Gasteiger partial charge in [0, 0.05) is 37.8 Å². The first kappa shape index (κ1) is 18.9. The number of urea groups is 1. The molecule has 2 saturated heterocycles. The third-order valence-electron chi connectivity index (χ3n) is 5.24. The highest BCUT2D eigenvalue weighted by Gasteiger charge is 2.55. The Balaban J connectivity index is 1.54. The Morgan fingerprint density at radius 3 is 2.33 bits per heavy atom. The highest BCUT2D eigenvalue weighted by molar-refractivity contribution is 6.07. The van der Waals surface area contributed by atoms with Gasteiger partial charge < -0.3 is 15.1 Å². The summed E-state index contributed by atoms with van der Waals surface area (Å²) < 4.78 is 0. The molecule has 0 aromatic heterocycles. The van der Waals surface area contributed by atoms with Gasteiger partial charge in [-0.05, 0) is 32.1 Å². The van der Waals surface area contributed by atoms with Crippen molar-refractivity contribution in [2.75, 3.05) is 26.2 Å². The van der Waals surface area contributed by atoms with Crippen LogP contribution in [0.25, 0.3) is 0 Å². The molecule has 0 radical (unpaired) electrons. The molecular weight excluding hydrogens is 354 g/mol. The summed E-state index contributed by atoms with van der Waals surface area (Å²) in [5.41, 5.74) is -0.961. The highest BCUT2D eigenvalue weighted by Crippen LogP contribution is 2.43. The Morgan fingerprint density at radius 2 is 1.85 bits per heavy atom. The van der Waals surface area contributed by atoms with Gasteiger partial charge in [0.2, 0.25) is 5.91 Å². The molecule has 2 aliphatic heterocycles. The number of piperazine rings is 1. The number of carbonyl (C=O) groups excluding carboxylic acids is 3. The van der Waals surface area contributed by atoms with Crippen LogP contribution in [0.3, 0.4) is 0 Å². The van der Waals surface area contributed by atoms with Crippen LogP contribution in [0.15, 0.2) is 10.2 Å². The van der Waals surface area contributed by atoms with E-state index in [0.29, 0.717) is 26.2 Å². The summed E-state index contributed by atoms with van der Waals surface area (Å²) in [5, 5.41) is 15.2. The lowest BCUT2D eigenvalue weighted by Crippen LogP contribution is -2.52. The molecule has 1 unspecified atom stereocenters. The van der Waals surface area contributed by atoms with Crippen LogP contribution in [0.2, 0.25) is 0 Å². The molecule has 0 bridgehead atoms. The van der Waals surface area contributed by atoms with Crippen molar-refractivity contribution in [3.8, 4) is 0 Å². The molecular formula is C16H23N7O4. The summed E-state index contributed by atoms with van der Waals surface area (Å²) in [6.45, 7) is 3.06. The predicted octanol–water partition coefficient (Wildman–Crippen LogP) is 0.0186. The number of amidine groups is 1. The summed E-state index contributed by atoms with van der Waals surface area (Å²) in [6, 6.07) is -0.498. The number of nitrogens with one attached hydrogen (secondary N) is 3. The van der Waals surface area contributed by atoms with Gasteiger partial charge in [-0.25, -0.2) is 4.79 Å². The smallest absolute Gasteiger partial charge is 0.322 e. The SMILES string of the molecule is CC(=N)/N=C(\N=O)N1CCN(C(=O)CCC2(C3CC3)NC(=O)NC2=O)CC1. The maximum Gasteiger partial charge on any atom is 0.322 e. The van der Waals surface area contributed by atoms with E-state index in [0.717, 1.165) is 12.8 Å². The summed E-state index contributed by atoms with van der Waals surface area (Å²) in [7, 11) is 0. The Morgan fingerprint density at radius 1 is 1.22 bits per heavy atom. The second-order valence-corrected chi connectivity index (χ2v) is 7.11. The number of nitroso groups, excluding NO2 is 1. The summed E-state index contributed by atoms with van der Waals surface area (Å²) in [5.74, 6) is -0.398. The van der Waals surface area contributed by atoms with Crippen LogP contribution in [-0.4, -0.2) is 71.2 Å². The molecule has 0 spiro atoms. The highest BCUT2D eigenvalue weighted by atomic mass is 16.3. The molecule has 27 heavy (non-hydrogen) atoms. The number of carbonyl (C=O) groups is 3. The van der Waals surface area contributed by atoms with Crippen molar-refractivity contribution in [2.24, 2.45) is 16.1 Å². The molecule has 3 N–H and O–H groups in total. The Kier molecular flexibility index (Phi) is 5.19. The third kappa shape index (κ3) is 3.96. The maximum absolute atomic E-state index is 12.6. The quantitative estimate of drug-likeness (QED) is 0.273. The molecule has 1 aliphatic carbocycles. The fourth-order valence-electron chi connectivity index (χ4n) is 3.67. The predicted molar refractivity (Wildman–Crippen MR) is 96.1 cm³/mol. The van der Waals surface area contributed by atoms with E-state index in [9.17, 15) is 19.3 Å². The summed E-state index contributed by atoms with van der Waals surface area (Å²) >= 11 is 0. The topological polar surface area (TPSA) is 147 Å². The molecule has 1 atom stereocenters. The fraction of sp³-hybridized carbons (Fsp3) is 0.688. The molecule has 11 nitrogen and oxygen atoms in total. The van der Waals surface area contributed by atoms with Gasteiger partial charge in [-0.1, -0.05) is 0 Å². The zero-order valence-corrected chi connectivity index (χ0v) is 15.2. The van der Waals surface area contributed by atoms with E-state index >= 15 is 0 Å². The van der Waals surface area contributed by atoms with E-state index in [2.05, 4.69) is 20.8 Å². The lowest BCUT2D eigenvalue weighted by Gasteiger charge is -2.35. The summed E-state index contributed by atoms with van der Waals surface area (Å²) in [6.07, 6.45) is 2.18. The molecule has 3 rings (SSSR count). The zero-order valence-electron chi connectivity index (χ0n) is 15.2. The molecule has 0 aromatic carbocycles.